The molecule has 2 N–H and O–H groups in total. The van der Waals surface area contributed by atoms with E-state index in [-0.39, 0.29) is 22.8 Å². The van der Waals surface area contributed by atoms with Gasteiger partial charge in [0.15, 0.2) is 5.82 Å². The average Bonchev–Trinajstić information content (AvgIpc) is 3.38. The SMILES string of the molecule is Cc1cc(N2C(=O)C(=O)/C(=C(/O)c3c(C)c[nH]c3C)C2c2ccc([N+](=O)[O-])cc2)no1. The summed E-state index contributed by atoms with van der Waals surface area (Å²) in [4.78, 5) is 40.6. The fraction of sp³-hybridized carbons (Fsp3) is 0.190. The van der Waals surface area contributed by atoms with Crippen molar-refractivity contribution >= 4 is 29.0 Å². The van der Waals surface area contributed by atoms with Gasteiger partial charge in [-0.1, -0.05) is 5.16 Å². The number of aromatic nitrogens is 2. The second-order valence-corrected chi connectivity index (χ2v) is 7.29. The zero-order valence-electron chi connectivity index (χ0n) is 16.9. The van der Waals surface area contributed by atoms with E-state index in [1.54, 1.807) is 27.0 Å². The highest BCUT2D eigenvalue weighted by Crippen LogP contribution is 2.42. The number of carbonyl (C=O) groups is 2. The number of nitrogens with zero attached hydrogens (tertiary/aromatic N) is 3. The van der Waals surface area contributed by atoms with Crippen LogP contribution in [0.5, 0.6) is 0 Å². The van der Waals surface area contributed by atoms with E-state index in [0.29, 0.717) is 28.1 Å². The number of ketones is 1. The smallest absolute Gasteiger partial charge is 0.301 e. The van der Waals surface area contributed by atoms with Crippen LogP contribution in [0, 0.1) is 30.9 Å². The van der Waals surface area contributed by atoms with Crippen LogP contribution in [0.1, 0.15) is 34.2 Å². The predicted molar refractivity (Wildman–Crippen MR) is 109 cm³/mol. The summed E-state index contributed by atoms with van der Waals surface area (Å²) >= 11 is 0. The number of non-ortho nitro benzene ring substituents is 1. The van der Waals surface area contributed by atoms with E-state index >= 15 is 0 Å². The van der Waals surface area contributed by atoms with Gasteiger partial charge in [-0.15, -0.1) is 0 Å². The zero-order chi connectivity index (χ0) is 22.4. The van der Waals surface area contributed by atoms with Crippen LogP contribution in [0.15, 0.2) is 46.6 Å². The van der Waals surface area contributed by atoms with Gasteiger partial charge < -0.3 is 14.6 Å². The Morgan fingerprint density at radius 2 is 1.90 bits per heavy atom. The molecule has 0 bridgehead atoms. The zero-order valence-corrected chi connectivity index (χ0v) is 16.9. The standard InChI is InChI=1S/C21H18N4O6/c1-10-9-22-12(3)16(10)19(26)17-18(13-4-6-14(7-5-13)25(29)30)24(21(28)20(17)27)15-8-11(2)31-23-15/h4-9,18,22,26H,1-3H3/b19-17+. The number of aliphatic hydroxyl groups excluding tert-OH is 1. The molecule has 3 aromatic rings. The lowest BCUT2D eigenvalue weighted by atomic mass is 9.94. The molecule has 1 saturated heterocycles. The Morgan fingerprint density at radius 3 is 2.42 bits per heavy atom. The summed E-state index contributed by atoms with van der Waals surface area (Å²) < 4.78 is 5.07. The van der Waals surface area contributed by atoms with Crippen LogP contribution in [0.3, 0.4) is 0 Å². The van der Waals surface area contributed by atoms with E-state index in [1.807, 2.05) is 0 Å². The molecule has 1 atom stereocenters. The highest BCUT2D eigenvalue weighted by molar-refractivity contribution is 6.51. The number of Topliss-reactive ketones (excluding diaryl/α,β-unsaturated/α-hetero) is 1. The summed E-state index contributed by atoms with van der Waals surface area (Å²) in [6, 6.07) is 5.89. The van der Waals surface area contributed by atoms with Gasteiger partial charge in [-0.3, -0.25) is 24.6 Å². The Kier molecular flexibility index (Phi) is 4.69. The molecular formula is C21H18N4O6. The third-order valence-corrected chi connectivity index (χ3v) is 5.24. The van der Waals surface area contributed by atoms with Gasteiger partial charge in [0, 0.05) is 35.7 Å². The summed E-state index contributed by atoms with van der Waals surface area (Å²) in [6.07, 6.45) is 1.68. The largest absolute Gasteiger partial charge is 0.507 e. The topological polar surface area (TPSA) is 143 Å². The maximum atomic E-state index is 13.0. The number of aliphatic hydroxyl groups is 1. The van der Waals surface area contributed by atoms with Crippen molar-refractivity contribution in [2.45, 2.75) is 26.8 Å². The summed E-state index contributed by atoms with van der Waals surface area (Å²) in [6.45, 7) is 5.14. The van der Waals surface area contributed by atoms with Gasteiger partial charge >= 0.3 is 5.91 Å². The first kappa shape index (κ1) is 20.1. The maximum Gasteiger partial charge on any atom is 0.301 e. The molecule has 10 nitrogen and oxygen atoms in total. The molecule has 1 unspecified atom stereocenters. The van der Waals surface area contributed by atoms with Gasteiger partial charge in [-0.05, 0) is 44.0 Å². The Morgan fingerprint density at radius 1 is 1.23 bits per heavy atom. The number of nitrogens with one attached hydrogen (secondary N) is 1. The van der Waals surface area contributed by atoms with Crippen molar-refractivity contribution in [1.82, 2.24) is 10.1 Å². The third kappa shape index (κ3) is 3.18. The molecule has 0 saturated carbocycles. The quantitative estimate of drug-likeness (QED) is 0.215. The molecule has 31 heavy (non-hydrogen) atoms. The number of aryl methyl sites for hydroxylation is 3. The Hall–Kier alpha value is -4.21. The maximum absolute atomic E-state index is 13.0. The van der Waals surface area contributed by atoms with Gasteiger partial charge in [-0.2, -0.15) is 0 Å². The fourth-order valence-electron chi connectivity index (χ4n) is 3.78. The molecule has 2 aromatic heterocycles. The minimum absolute atomic E-state index is 0.101. The number of carbonyl (C=O) groups excluding carboxylic acids is 2. The van der Waals surface area contributed by atoms with Crippen LogP contribution in [0.4, 0.5) is 11.5 Å². The summed E-state index contributed by atoms with van der Waals surface area (Å²) in [5.74, 6) is -1.58. The first-order valence-corrected chi connectivity index (χ1v) is 9.34. The molecule has 0 spiro atoms. The number of benzene rings is 1. The molecule has 1 fully saturated rings. The lowest BCUT2D eigenvalue weighted by Gasteiger charge is -2.22. The number of H-pyrrole nitrogens is 1. The first-order chi connectivity index (χ1) is 14.7. The van der Waals surface area contributed by atoms with Crippen molar-refractivity contribution in [1.29, 1.82) is 0 Å². The molecule has 158 valence electrons. The van der Waals surface area contributed by atoms with Crippen LogP contribution in [0.2, 0.25) is 0 Å². The number of anilines is 1. The van der Waals surface area contributed by atoms with E-state index in [4.69, 9.17) is 4.52 Å². The third-order valence-electron chi connectivity index (χ3n) is 5.24. The average molecular weight is 422 g/mol. The van der Waals surface area contributed by atoms with Gasteiger partial charge in [0.05, 0.1) is 16.5 Å². The molecule has 1 aromatic carbocycles. The van der Waals surface area contributed by atoms with E-state index in [2.05, 4.69) is 10.1 Å². The normalized spacial score (nSPS) is 18.0. The minimum Gasteiger partial charge on any atom is -0.507 e. The van der Waals surface area contributed by atoms with Crippen molar-refractivity contribution in [3.05, 3.63) is 80.4 Å². The Balaban J connectivity index is 1.96. The molecule has 1 aliphatic rings. The molecule has 3 heterocycles. The van der Waals surface area contributed by atoms with E-state index in [9.17, 15) is 24.8 Å². The first-order valence-electron chi connectivity index (χ1n) is 9.34. The van der Waals surface area contributed by atoms with Crippen molar-refractivity contribution < 1.29 is 24.1 Å². The lowest BCUT2D eigenvalue weighted by Crippen LogP contribution is -2.29. The molecule has 1 aliphatic heterocycles. The van der Waals surface area contributed by atoms with Crippen molar-refractivity contribution in [2.24, 2.45) is 0 Å². The highest BCUT2D eigenvalue weighted by Gasteiger charge is 2.48. The number of hydrogen-bond acceptors (Lipinski definition) is 7. The highest BCUT2D eigenvalue weighted by atomic mass is 16.6. The number of nitro benzene ring substituents is 1. The fourth-order valence-corrected chi connectivity index (χ4v) is 3.78. The van der Waals surface area contributed by atoms with E-state index in [0.717, 1.165) is 4.90 Å². The molecule has 4 rings (SSSR count). The Bertz CT molecular complexity index is 1230. The summed E-state index contributed by atoms with van der Waals surface area (Å²) in [5.41, 5.74) is 1.86. The van der Waals surface area contributed by atoms with Crippen LogP contribution >= 0.6 is 0 Å². The van der Waals surface area contributed by atoms with Gasteiger partial charge in [0.25, 0.3) is 11.5 Å². The van der Waals surface area contributed by atoms with Crippen LogP contribution in [0.25, 0.3) is 5.76 Å². The number of aromatic amines is 1. The second kappa shape index (κ2) is 7.24. The van der Waals surface area contributed by atoms with E-state index in [1.165, 1.54) is 30.3 Å². The molecular weight excluding hydrogens is 404 g/mol. The van der Waals surface area contributed by atoms with Gasteiger partial charge in [0.2, 0.25) is 0 Å². The van der Waals surface area contributed by atoms with Crippen molar-refractivity contribution in [3.8, 4) is 0 Å². The molecule has 1 amide bonds. The van der Waals surface area contributed by atoms with Gasteiger partial charge in [-0.25, -0.2) is 0 Å². The molecule has 10 heteroatoms. The second-order valence-electron chi connectivity index (χ2n) is 7.29. The van der Waals surface area contributed by atoms with E-state index < -0.39 is 22.7 Å². The van der Waals surface area contributed by atoms with Crippen molar-refractivity contribution in [2.75, 3.05) is 4.90 Å². The molecule has 0 radical (unpaired) electrons. The number of nitro groups is 1. The Labute approximate surface area is 175 Å². The number of amides is 1. The summed E-state index contributed by atoms with van der Waals surface area (Å²) in [7, 11) is 0. The van der Waals surface area contributed by atoms with Gasteiger partial charge in [0.1, 0.15) is 11.5 Å². The van der Waals surface area contributed by atoms with Crippen LogP contribution in [-0.2, 0) is 9.59 Å². The predicted octanol–water partition coefficient (Wildman–Crippen LogP) is 3.46. The number of rotatable bonds is 4. The molecule has 0 aliphatic carbocycles. The van der Waals surface area contributed by atoms with Crippen molar-refractivity contribution in [3.63, 3.8) is 0 Å². The monoisotopic (exact) mass is 422 g/mol. The summed E-state index contributed by atoms with van der Waals surface area (Å²) in [5, 5.41) is 26.0. The minimum atomic E-state index is -1.04. The lowest BCUT2D eigenvalue weighted by molar-refractivity contribution is -0.384. The number of hydrogen-bond donors (Lipinski definition) is 2. The van der Waals surface area contributed by atoms with Crippen LogP contribution < -0.4 is 4.90 Å². The van der Waals surface area contributed by atoms with Crippen LogP contribution in [-0.4, -0.2) is 31.9 Å².